The SMILES string of the molecule is CCC1CNC(CC)(CC)CN1C(C)c1nccs1. The van der Waals surface area contributed by atoms with E-state index < -0.39 is 0 Å². The molecule has 4 heteroatoms. The van der Waals surface area contributed by atoms with E-state index in [9.17, 15) is 0 Å². The van der Waals surface area contributed by atoms with Gasteiger partial charge in [0.1, 0.15) is 5.01 Å². The number of hydrogen-bond acceptors (Lipinski definition) is 4. The molecular formula is C15H27N3S. The normalized spacial score (nSPS) is 25.4. The van der Waals surface area contributed by atoms with Crippen LogP contribution in [0.2, 0.25) is 0 Å². The van der Waals surface area contributed by atoms with Crippen molar-refractivity contribution in [2.24, 2.45) is 0 Å². The van der Waals surface area contributed by atoms with Gasteiger partial charge >= 0.3 is 0 Å². The maximum absolute atomic E-state index is 4.52. The molecular weight excluding hydrogens is 254 g/mol. The van der Waals surface area contributed by atoms with Gasteiger partial charge in [0, 0.05) is 36.2 Å². The lowest BCUT2D eigenvalue weighted by Crippen LogP contribution is -2.63. The minimum atomic E-state index is 0.289. The molecule has 3 nitrogen and oxygen atoms in total. The lowest BCUT2D eigenvalue weighted by molar-refractivity contribution is 0.0399. The van der Waals surface area contributed by atoms with Gasteiger partial charge in [-0.2, -0.15) is 0 Å². The van der Waals surface area contributed by atoms with Gasteiger partial charge in [-0.3, -0.25) is 4.90 Å². The summed E-state index contributed by atoms with van der Waals surface area (Å²) in [6.45, 7) is 11.4. The van der Waals surface area contributed by atoms with E-state index in [0.29, 0.717) is 12.1 Å². The van der Waals surface area contributed by atoms with Gasteiger partial charge in [-0.15, -0.1) is 11.3 Å². The van der Waals surface area contributed by atoms with Crippen molar-refractivity contribution in [3.8, 4) is 0 Å². The van der Waals surface area contributed by atoms with Crippen molar-refractivity contribution in [2.75, 3.05) is 13.1 Å². The predicted molar refractivity (Wildman–Crippen MR) is 82.6 cm³/mol. The molecule has 1 aliphatic heterocycles. The number of nitrogens with one attached hydrogen (secondary N) is 1. The third-order valence-corrected chi connectivity index (χ3v) is 5.74. The van der Waals surface area contributed by atoms with Crippen molar-refractivity contribution in [2.45, 2.75) is 64.6 Å². The van der Waals surface area contributed by atoms with Crippen LogP contribution in [0.15, 0.2) is 11.6 Å². The van der Waals surface area contributed by atoms with Crippen LogP contribution < -0.4 is 5.32 Å². The zero-order chi connectivity index (χ0) is 13.9. The van der Waals surface area contributed by atoms with Crippen LogP contribution in [0.1, 0.15) is 58.0 Å². The van der Waals surface area contributed by atoms with Gasteiger partial charge in [-0.1, -0.05) is 20.8 Å². The van der Waals surface area contributed by atoms with E-state index in [1.807, 2.05) is 6.20 Å². The molecule has 0 bridgehead atoms. The van der Waals surface area contributed by atoms with Gasteiger partial charge in [-0.05, 0) is 26.2 Å². The number of nitrogens with zero attached hydrogens (tertiary/aromatic N) is 2. The summed E-state index contributed by atoms with van der Waals surface area (Å²) in [6, 6.07) is 1.06. The number of thiazole rings is 1. The Labute approximate surface area is 121 Å². The Morgan fingerprint density at radius 1 is 1.47 bits per heavy atom. The molecule has 1 aromatic heterocycles. The van der Waals surface area contributed by atoms with Crippen LogP contribution in [0.5, 0.6) is 0 Å². The Kier molecular flexibility index (Phi) is 4.98. The highest BCUT2D eigenvalue weighted by molar-refractivity contribution is 7.09. The molecule has 0 aliphatic carbocycles. The summed E-state index contributed by atoms with van der Waals surface area (Å²) in [5.41, 5.74) is 0.289. The van der Waals surface area contributed by atoms with E-state index >= 15 is 0 Å². The molecule has 1 saturated heterocycles. The van der Waals surface area contributed by atoms with Gasteiger partial charge in [0.2, 0.25) is 0 Å². The summed E-state index contributed by atoms with van der Waals surface area (Å²) in [6.07, 6.45) is 5.51. The Hall–Kier alpha value is -0.450. The number of piperazine rings is 1. The summed E-state index contributed by atoms with van der Waals surface area (Å²) < 4.78 is 0. The molecule has 2 atom stereocenters. The topological polar surface area (TPSA) is 28.2 Å². The zero-order valence-corrected chi connectivity index (χ0v) is 13.5. The second-order valence-corrected chi connectivity index (χ2v) is 6.58. The van der Waals surface area contributed by atoms with Crippen molar-refractivity contribution >= 4 is 11.3 Å². The maximum Gasteiger partial charge on any atom is 0.109 e. The first kappa shape index (κ1) is 14.9. The molecule has 19 heavy (non-hydrogen) atoms. The van der Waals surface area contributed by atoms with E-state index in [0.717, 1.165) is 13.1 Å². The maximum atomic E-state index is 4.52. The average Bonchev–Trinajstić information content (AvgIpc) is 3.00. The zero-order valence-electron chi connectivity index (χ0n) is 12.6. The first-order valence-corrected chi connectivity index (χ1v) is 8.44. The number of rotatable bonds is 5. The summed E-state index contributed by atoms with van der Waals surface area (Å²) in [5.74, 6) is 0. The summed E-state index contributed by atoms with van der Waals surface area (Å²) in [7, 11) is 0. The van der Waals surface area contributed by atoms with E-state index in [2.05, 4.69) is 48.3 Å². The van der Waals surface area contributed by atoms with Gasteiger partial charge in [0.25, 0.3) is 0 Å². The number of hydrogen-bond donors (Lipinski definition) is 1. The molecule has 0 aromatic carbocycles. The molecule has 2 unspecified atom stereocenters. The first-order chi connectivity index (χ1) is 9.15. The quantitative estimate of drug-likeness (QED) is 0.896. The molecule has 1 aromatic rings. The third kappa shape index (κ3) is 3.01. The molecule has 1 aliphatic rings. The van der Waals surface area contributed by atoms with E-state index in [-0.39, 0.29) is 5.54 Å². The van der Waals surface area contributed by atoms with Crippen LogP contribution in [-0.4, -0.2) is 34.6 Å². The molecule has 1 fully saturated rings. The predicted octanol–water partition coefficient (Wildman–Crippen LogP) is 3.45. The van der Waals surface area contributed by atoms with Gasteiger partial charge in [-0.25, -0.2) is 4.98 Å². The van der Waals surface area contributed by atoms with Crippen molar-refractivity contribution < 1.29 is 0 Å². The van der Waals surface area contributed by atoms with E-state index in [1.165, 1.54) is 24.3 Å². The van der Waals surface area contributed by atoms with Gasteiger partial charge in [0.05, 0.1) is 6.04 Å². The van der Waals surface area contributed by atoms with Crippen molar-refractivity contribution in [3.63, 3.8) is 0 Å². The third-order valence-electron chi connectivity index (χ3n) is 4.80. The van der Waals surface area contributed by atoms with Crippen molar-refractivity contribution in [3.05, 3.63) is 16.6 Å². The highest BCUT2D eigenvalue weighted by Crippen LogP contribution is 2.31. The minimum absolute atomic E-state index is 0.289. The molecule has 0 radical (unpaired) electrons. The molecule has 0 spiro atoms. The Balaban J connectivity index is 2.18. The molecule has 2 heterocycles. The van der Waals surface area contributed by atoms with Crippen LogP contribution in [-0.2, 0) is 0 Å². The van der Waals surface area contributed by atoms with Crippen molar-refractivity contribution in [1.29, 1.82) is 0 Å². The van der Waals surface area contributed by atoms with Gasteiger partial charge in [0.15, 0.2) is 0 Å². The van der Waals surface area contributed by atoms with E-state index in [1.54, 1.807) is 11.3 Å². The summed E-state index contributed by atoms with van der Waals surface area (Å²) >= 11 is 1.78. The molecule has 2 rings (SSSR count). The summed E-state index contributed by atoms with van der Waals surface area (Å²) in [5, 5.41) is 7.14. The standard InChI is InChI=1S/C15H27N3S/c1-5-13-10-17-15(6-2,7-3)11-18(13)12(4)14-16-8-9-19-14/h8-9,12-13,17H,5-7,10-11H2,1-4H3. The molecule has 1 N–H and O–H groups in total. The lowest BCUT2D eigenvalue weighted by Gasteiger charge is -2.49. The fraction of sp³-hybridized carbons (Fsp3) is 0.800. The Morgan fingerprint density at radius 2 is 2.21 bits per heavy atom. The van der Waals surface area contributed by atoms with Crippen LogP contribution in [0, 0.1) is 0 Å². The fourth-order valence-corrected chi connectivity index (χ4v) is 3.84. The van der Waals surface area contributed by atoms with Crippen LogP contribution in [0.4, 0.5) is 0 Å². The Bertz CT molecular complexity index is 373. The number of aromatic nitrogens is 1. The lowest BCUT2D eigenvalue weighted by atomic mass is 9.87. The molecule has 0 saturated carbocycles. The van der Waals surface area contributed by atoms with Crippen LogP contribution in [0.25, 0.3) is 0 Å². The minimum Gasteiger partial charge on any atom is -0.308 e. The average molecular weight is 281 g/mol. The highest BCUT2D eigenvalue weighted by atomic mass is 32.1. The fourth-order valence-electron chi connectivity index (χ4n) is 3.12. The Morgan fingerprint density at radius 3 is 2.74 bits per heavy atom. The first-order valence-electron chi connectivity index (χ1n) is 7.56. The van der Waals surface area contributed by atoms with Crippen LogP contribution >= 0.6 is 11.3 Å². The monoisotopic (exact) mass is 281 g/mol. The molecule has 108 valence electrons. The van der Waals surface area contributed by atoms with Crippen LogP contribution in [0.3, 0.4) is 0 Å². The second kappa shape index (κ2) is 6.33. The molecule has 0 amide bonds. The van der Waals surface area contributed by atoms with Gasteiger partial charge < -0.3 is 5.32 Å². The second-order valence-electron chi connectivity index (χ2n) is 5.65. The largest absolute Gasteiger partial charge is 0.308 e. The smallest absolute Gasteiger partial charge is 0.109 e. The van der Waals surface area contributed by atoms with E-state index in [4.69, 9.17) is 0 Å². The highest BCUT2D eigenvalue weighted by Gasteiger charge is 2.38. The van der Waals surface area contributed by atoms with Crippen molar-refractivity contribution in [1.82, 2.24) is 15.2 Å². The summed E-state index contributed by atoms with van der Waals surface area (Å²) in [4.78, 5) is 7.18.